The van der Waals surface area contributed by atoms with E-state index in [9.17, 15) is 18.0 Å². The number of imide groups is 1. The van der Waals surface area contributed by atoms with Crippen LogP contribution in [0.25, 0.3) is 0 Å². The van der Waals surface area contributed by atoms with Gasteiger partial charge in [-0.25, -0.2) is 17.5 Å². The molecule has 1 aromatic carbocycles. The Labute approximate surface area is 134 Å². The molecule has 0 aliphatic rings. The number of benzene rings is 1. The minimum atomic E-state index is -3.72. The van der Waals surface area contributed by atoms with Crippen LogP contribution in [0.1, 0.15) is 6.92 Å². The molecule has 0 saturated heterocycles. The fourth-order valence-electron chi connectivity index (χ4n) is 1.71. The Morgan fingerprint density at radius 2 is 1.91 bits per heavy atom. The number of hydrogen-bond acceptors (Lipinski definition) is 6. The summed E-state index contributed by atoms with van der Waals surface area (Å²) in [6.07, 6.45) is 0. The summed E-state index contributed by atoms with van der Waals surface area (Å²) in [6, 6.07) is 2.61. The molecule has 1 rings (SSSR count). The van der Waals surface area contributed by atoms with Gasteiger partial charge in [0.2, 0.25) is 15.9 Å². The zero-order chi connectivity index (χ0) is 17.8. The molecule has 0 fully saturated rings. The van der Waals surface area contributed by atoms with E-state index >= 15 is 0 Å². The van der Waals surface area contributed by atoms with Crippen molar-refractivity contribution in [2.75, 3.05) is 26.5 Å². The number of anilines is 1. The highest BCUT2D eigenvalue weighted by atomic mass is 32.2. The molecule has 0 aliphatic heterocycles. The van der Waals surface area contributed by atoms with E-state index in [-0.39, 0.29) is 10.6 Å². The van der Waals surface area contributed by atoms with E-state index in [2.05, 4.69) is 5.32 Å². The summed E-state index contributed by atoms with van der Waals surface area (Å²) in [5.74, 6) is -0.455. The molecule has 0 heterocycles. The first kappa shape index (κ1) is 18.7. The lowest BCUT2D eigenvalue weighted by atomic mass is 10.2. The van der Waals surface area contributed by atoms with Crippen molar-refractivity contribution in [3.63, 3.8) is 0 Å². The van der Waals surface area contributed by atoms with Gasteiger partial charge in [-0.15, -0.1) is 0 Å². The molecule has 23 heavy (non-hydrogen) atoms. The molecule has 0 aromatic heterocycles. The second kappa shape index (κ2) is 7.29. The molecule has 1 atom stereocenters. The van der Waals surface area contributed by atoms with E-state index in [1.165, 1.54) is 40.3 Å². The highest BCUT2D eigenvalue weighted by Gasteiger charge is 2.23. The van der Waals surface area contributed by atoms with Crippen molar-refractivity contribution >= 4 is 27.6 Å². The number of sulfonamides is 1. The largest absolute Gasteiger partial charge is 0.495 e. The van der Waals surface area contributed by atoms with E-state index in [1.54, 1.807) is 6.07 Å². The van der Waals surface area contributed by atoms with Crippen LogP contribution < -0.4 is 21.1 Å². The predicted octanol–water partition coefficient (Wildman–Crippen LogP) is -0.0592. The van der Waals surface area contributed by atoms with Gasteiger partial charge in [-0.3, -0.25) is 10.1 Å². The Balaban J connectivity index is 3.12. The van der Waals surface area contributed by atoms with Crippen LogP contribution >= 0.6 is 0 Å². The summed E-state index contributed by atoms with van der Waals surface area (Å²) in [6.45, 7) is 1.50. The summed E-state index contributed by atoms with van der Waals surface area (Å²) in [4.78, 5) is 22.3. The van der Waals surface area contributed by atoms with Gasteiger partial charge in [0, 0.05) is 19.8 Å². The van der Waals surface area contributed by atoms with Gasteiger partial charge >= 0.3 is 6.03 Å². The Morgan fingerprint density at radius 3 is 2.39 bits per heavy atom. The first-order valence-electron chi connectivity index (χ1n) is 6.57. The molecule has 3 amide bonds. The lowest BCUT2D eigenvalue weighted by Crippen LogP contribution is -2.43. The van der Waals surface area contributed by atoms with Crippen molar-refractivity contribution in [2.24, 2.45) is 5.73 Å². The Morgan fingerprint density at radius 1 is 1.30 bits per heavy atom. The van der Waals surface area contributed by atoms with E-state index < -0.39 is 28.0 Å². The molecule has 10 heteroatoms. The fraction of sp³-hybridized carbons (Fsp3) is 0.385. The number of carbonyl (C=O) groups excluding carboxylic acids is 2. The zero-order valence-electron chi connectivity index (χ0n) is 13.3. The standard InChI is InChI=1S/C13H20N4O5S/c1-8(12(18)16-13(14)19)15-9-5-6-10(22-4)11(7-9)23(20,21)17(2)3/h5-8,15H,1-4H3,(H3,14,16,18,19). The van der Waals surface area contributed by atoms with Gasteiger partial charge in [-0.05, 0) is 25.1 Å². The van der Waals surface area contributed by atoms with Crippen LogP contribution in [0.5, 0.6) is 5.75 Å². The molecule has 1 unspecified atom stereocenters. The van der Waals surface area contributed by atoms with Crippen molar-refractivity contribution < 1.29 is 22.7 Å². The second-order valence-corrected chi connectivity index (χ2v) is 6.99. The molecule has 0 spiro atoms. The van der Waals surface area contributed by atoms with Crippen LogP contribution in [0.2, 0.25) is 0 Å². The SMILES string of the molecule is COc1ccc(NC(C)C(=O)NC(N)=O)cc1S(=O)(=O)N(C)C. The molecular weight excluding hydrogens is 324 g/mol. The van der Waals surface area contributed by atoms with Crippen molar-refractivity contribution in [1.29, 1.82) is 0 Å². The first-order chi connectivity index (χ1) is 10.6. The minimum absolute atomic E-state index is 0.0440. The number of methoxy groups -OCH3 is 1. The Kier molecular flexibility index (Phi) is 5.93. The van der Waals surface area contributed by atoms with Crippen molar-refractivity contribution in [3.05, 3.63) is 18.2 Å². The van der Waals surface area contributed by atoms with Gasteiger partial charge in [0.25, 0.3) is 0 Å². The Bertz CT molecular complexity index is 702. The number of amides is 3. The molecule has 0 radical (unpaired) electrons. The van der Waals surface area contributed by atoms with Gasteiger partial charge in [0.15, 0.2) is 0 Å². The van der Waals surface area contributed by atoms with Gasteiger partial charge in [0.1, 0.15) is 16.7 Å². The third kappa shape index (κ3) is 4.57. The number of nitrogens with zero attached hydrogens (tertiary/aromatic N) is 1. The molecule has 0 aliphatic carbocycles. The van der Waals surface area contributed by atoms with Gasteiger partial charge in [0.05, 0.1) is 7.11 Å². The lowest BCUT2D eigenvalue weighted by Gasteiger charge is -2.18. The quantitative estimate of drug-likeness (QED) is 0.663. The molecule has 128 valence electrons. The van der Waals surface area contributed by atoms with Gasteiger partial charge in [-0.1, -0.05) is 0 Å². The normalized spacial score (nSPS) is 12.6. The van der Waals surface area contributed by atoms with Crippen molar-refractivity contribution in [3.8, 4) is 5.75 Å². The molecule has 0 bridgehead atoms. The molecule has 0 saturated carbocycles. The van der Waals surface area contributed by atoms with Crippen molar-refractivity contribution in [1.82, 2.24) is 9.62 Å². The summed E-state index contributed by atoms with van der Waals surface area (Å²) >= 11 is 0. The van der Waals surface area contributed by atoms with Crippen LogP contribution in [0.3, 0.4) is 0 Å². The van der Waals surface area contributed by atoms with E-state index in [0.29, 0.717) is 5.69 Å². The maximum atomic E-state index is 12.3. The summed E-state index contributed by atoms with van der Waals surface area (Å²) < 4.78 is 30.7. The maximum absolute atomic E-state index is 12.3. The third-order valence-corrected chi connectivity index (χ3v) is 4.78. The summed E-state index contributed by atoms with van der Waals surface area (Å²) in [7, 11) is 0.439. The monoisotopic (exact) mass is 344 g/mol. The zero-order valence-corrected chi connectivity index (χ0v) is 14.1. The number of carbonyl (C=O) groups is 2. The lowest BCUT2D eigenvalue weighted by molar-refractivity contribution is -0.120. The average molecular weight is 344 g/mol. The number of primary amides is 1. The molecule has 4 N–H and O–H groups in total. The predicted molar refractivity (Wildman–Crippen MR) is 84.7 cm³/mol. The fourth-order valence-corrected chi connectivity index (χ4v) is 2.78. The molecule has 9 nitrogen and oxygen atoms in total. The molecule has 1 aromatic rings. The number of ether oxygens (including phenoxy) is 1. The van der Waals surface area contributed by atoms with Gasteiger partial charge < -0.3 is 15.8 Å². The highest BCUT2D eigenvalue weighted by molar-refractivity contribution is 7.89. The summed E-state index contributed by atoms with van der Waals surface area (Å²) in [5, 5.41) is 4.73. The van der Waals surface area contributed by atoms with Crippen LogP contribution in [-0.2, 0) is 14.8 Å². The highest BCUT2D eigenvalue weighted by Crippen LogP contribution is 2.29. The minimum Gasteiger partial charge on any atom is -0.495 e. The van der Waals surface area contributed by atoms with Crippen LogP contribution in [-0.4, -0.2) is 51.9 Å². The smallest absolute Gasteiger partial charge is 0.318 e. The number of nitrogens with one attached hydrogen (secondary N) is 2. The van der Waals surface area contributed by atoms with Crippen molar-refractivity contribution in [2.45, 2.75) is 17.9 Å². The van der Waals surface area contributed by atoms with E-state index in [0.717, 1.165) is 4.31 Å². The topological polar surface area (TPSA) is 131 Å². The summed E-state index contributed by atoms with van der Waals surface area (Å²) in [5.41, 5.74) is 5.25. The second-order valence-electron chi connectivity index (χ2n) is 4.87. The number of urea groups is 1. The Hall–Kier alpha value is -2.33. The van der Waals surface area contributed by atoms with Crippen LogP contribution in [0.4, 0.5) is 10.5 Å². The van der Waals surface area contributed by atoms with E-state index in [1.807, 2.05) is 5.32 Å². The van der Waals surface area contributed by atoms with Crippen LogP contribution in [0.15, 0.2) is 23.1 Å². The average Bonchev–Trinajstić information content (AvgIpc) is 2.46. The number of rotatable bonds is 6. The first-order valence-corrected chi connectivity index (χ1v) is 8.01. The maximum Gasteiger partial charge on any atom is 0.318 e. The van der Waals surface area contributed by atoms with Crippen LogP contribution in [0, 0.1) is 0 Å². The molecular formula is C13H20N4O5S. The third-order valence-electron chi connectivity index (χ3n) is 2.95. The van der Waals surface area contributed by atoms with Gasteiger partial charge in [-0.2, -0.15) is 0 Å². The van der Waals surface area contributed by atoms with E-state index in [4.69, 9.17) is 10.5 Å². The number of hydrogen-bond donors (Lipinski definition) is 3. The number of nitrogens with two attached hydrogens (primary N) is 1.